The van der Waals surface area contributed by atoms with E-state index in [1.165, 1.54) is 4.90 Å². The zero-order chi connectivity index (χ0) is 16.8. The van der Waals surface area contributed by atoms with Gasteiger partial charge in [-0.05, 0) is 30.2 Å². The third kappa shape index (κ3) is 4.57. The molecular weight excluding hydrogens is 292 g/mol. The fraction of sp³-hybridized carbons (Fsp3) is 0.222. The van der Waals surface area contributed by atoms with Gasteiger partial charge in [-0.2, -0.15) is 0 Å². The zero-order valence-corrected chi connectivity index (χ0v) is 13.3. The number of nitrogen functional groups attached to an aromatic ring is 1. The Morgan fingerprint density at radius 1 is 1.13 bits per heavy atom. The van der Waals surface area contributed by atoms with Crippen LogP contribution in [0.3, 0.4) is 0 Å². The maximum absolute atomic E-state index is 12.0. The first-order chi connectivity index (χ1) is 11.0. The van der Waals surface area contributed by atoms with Crippen molar-refractivity contribution >= 4 is 17.6 Å². The van der Waals surface area contributed by atoms with E-state index in [1.807, 2.05) is 37.3 Å². The van der Waals surface area contributed by atoms with E-state index in [-0.39, 0.29) is 12.5 Å². The number of ether oxygens (including phenoxy) is 1. The first-order valence-electron chi connectivity index (χ1n) is 7.28. The van der Waals surface area contributed by atoms with Gasteiger partial charge in [0.2, 0.25) is 0 Å². The van der Waals surface area contributed by atoms with Crippen LogP contribution in [0.2, 0.25) is 0 Å². The second-order valence-corrected chi connectivity index (χ2v) is 5.38. The predicted octanol–water partition coefficient (Wildman–Crippen LogP) is 2.39. The lowest BCUT2D eigenvalue weighted by Gasteiger charge is -2.17. The molecule has 0 saturated carbocycles. The molecule has 2 aromatic rings. The number of nitrogens with two attached hydrogens (primary N) is 1. The van der Waals surface area contributed by atoms with Gasteiger partial charge >= 0.3 is 5.97 Å². The molecule has 0 unspecified atom stereocenters. The minimum Gasteiger partial charge on any atom is -0.452 e. The van der Waals surface area contributed by atoms with Gasteiger partial charge in [-0.3, -0.25) is 4.79 Å². The van der Waals surface area contributed by atoms with Gasteiger partial charge in [-0.15, -0.1) is 0 Å². The fourth-order valence-electron chi connectivity index (χ4n) is 2.03. The highest BCUT2D eigenvalue weighted by atomic mass is 16.5. The van der Waals surface area contributed by atoms with E-state index in [1.54, 1.807) is 25.2 Å². The van der Waals surface area contributed by atoms with Gasteiger partial charge in [-0.1, -0.05) is 36.4 Å². The van der Waals surface area contributed by atoms with E-state index in [0.717, 1.165) is 11.1 Å². The number of carbonyl (C=O) groups is 2. The van der Waals surface area contributed by atoms with E-state index < -0.39 is 5.97 Å². The zero-order valence-electron chi connectivity index (χ0n) is 13.3. The van der Waals surface area contributed by atoms with Crippen molar-refractivity contribution in [3.8, 4) is 0 Å². The van der Waals surface area contributed by atoms with Crippen LogP contribution in [0.25, 0.3) is 0 Å². The number of benzene rings is 2. The lowest BCUT2D eigenvalue weighted by atomic mass is 10.1. The number of carbonyl (C=O) groups excluding carboxylic acids is 2. The number of likely N-dealkylation sites (N-methyl/N-ethyl adjacent to an activating group) is 1. The van der Waals surface area contributed by atoms with Gasteiger partial charge in [-0.25, -0.2) is 4.79 Å². The summed E-state index contributed by atoms with van der Waals surface area (Å²) in [4.78, 5) is 25.5. The number of aryl methyl sites for hydroxylation is 1. The summed E-state index contributed by atoms with van der Waals surface area (Å²) < 4.78 is 5.06. The van der Waals surface area contributed by atoms with Crippen molar-refractivity contribution < 1.29 is 14.3 Å². The van der Waals surface area contributed by atoms with Gasteiger partial charge in [0.1, 0.15) is 0 Å². The lowest BCUT2D eigenvalue weighted by Crippen LogP contribution is -2.30. The molecule has 0 spiro atoms. The average Bonchev–Trinajstić information content (AvgIpc) is 2.55. The van der Waals surface area contributed by atoms with Gasteiger partial charge in [0.15, 0.2) is 6.61 Å². The number of esters is 1. The van der Waals surface area contributed by atoms with Crippen molar-refractivity contribution in [2.45, 2.75) is 13.5 Å². The van der Waals surface area contributed by atoms with E-state index in [4.69, 9.17) is 10.5 Å². The van der Waals surface area contributed by atoms with Crippen LogP contribution in [0.5, 0.6) is 0 Å². The molecule has 5 nitrogen and oxygen atoms in total. The smallest absolute Gasteiger partial charge is 0.338 e. The summed E-state index contributed by atoms with van der Waals surface area (Å²) in [5.41, 5.74) is 8.53. The van der Waals surface area contributed by atoms with Crippen LogP contribution in [0.15, 0.2) is 48.5 Å². The molecule has 0 radical (unpaired) electrons. The quantitative estimate of drug-likeness (QED) is 0.679. The Balaban J connectivity index is 1.88. The molecule has 2 N–H and O–H groups in total. The third-order valence-electron chi connectivity index (χ3n) is 3.53. The Bertz CT molecular complexity index is 699. The minimum absolute atomic E-state index is 0.262. The molecule has 5 heteroatoms. The standard InChI is InChI=1S/C18H20N2O3/c1-13-8-9-15(10-16(13)19)18(22)23-12-17(21)20(2)11-14-6-4-3-5-7-14/h3-10H,11-12,19H2,1-2H3. The van der Waals surface area contributed by atoms with Crippen LogP contribution in [0, 0.1) is 6.92 Å². The summed E-state index contributed by atoms with van der Waals surface area (Å²) in [5, 5.41) is 0. The molecule has 0 saturated heterocycles. The molecule has 0 aliphatic carbocycles. The van der Waals surface area contributed by atoms with E-state index in [2.05, 4.69) is 0 Å². The van der Waals surface area contributed by atoms with Gasteiger partial charge in [0.25, 0.3) is 5.91 Å². The van der Waals surface area contributed by atoms with Crippen LogP contribution in [0.4, 0.5) is 5.69 Å². The predicted molar refractivity (Wildman–Crippen MR) is 88.8 cm³/mol. The van der Waals surface area contributed by atoms with Gasteiger partial charge in [0, 0.05) is 19.3 Å². The van der Waals surface area contributed by atoms with Crippen molar-refractivity contribution in [2.75, 3.05) is 19.4 Å². The summed E-state index contributed by atoms with van der Waals surface area (Å²) in [6, 6.07) is 14.5. The monoisotopic (exact) mass is 312 g/mol. The average molecular weight is 312 g/mol. The Kier molecular flexibility index (Phi) is 5.36. The SMILES string of the molecule is Cc1ccc(C(=O)OCC(=O)N(C)Cc2ccccc2)cc1N. The van der Waals surface area contributed by atoms with E-state index >= 15 is 0 Å². The highest BCUT2D eigenvalue weighted by Gasteiger charge is 2.14. The molecule has 0 atom stereocenters. The van der Waals surface area contributed by atoms with E-state index in [9.17, 15) is 9.59 Å². The van der Waals surface area contributed by atoms with Crippen LogP contribution >= 0.6 is 0 Å². The second kappa shape index (κ2) is 7.45. The molecule has 0 bridgehead atoms. The Morgan fingerprint density at radius 3 is 2.48 bits per heavy atom. The summed E-state index contributed by atoms with van der Waals surface area (Å²) in [5.74, 6) is -0.819. The summed E-state index contributed by atoms with van der Waals surface area (Å²) in [7, 11) is 1.67. The first kappa shape index (κ1) is 16.5. The molecule has 0 aromatic heterocycles. The van der Waals surface area contributed by atoms with Crippen LogP contribution in [-0.2, 0) is 16.1 Å². The third-order valence-corrected chi connectivity index (χ3v) is 3.53. The van der Waals surface area contributed by atoms with Crippen molar-refractivity contribution in [1.29, 1.82) is 0 Å². The Labute approximate surface area is 135 Å². The number of hydrogen-bond donors (Lipinski definition) is 1. The van der Waals surface area contributed by atoms with Crippen LogP contribution in [-0.4, -0.2) is 30.4 Å². The number of nitrogens with zero attached hydrogens (tertiary/aromatic N) is 1. The molecular formula is C18H20N2O3. The lowest BCUT2D eigenvalue weighted by molar-refractivity contribution is -0.133. The van der Waals surface area contributed by atoms with Crippen molar-refractivity contribution in [3.05, 3.63) is 65.2 Å². The van der Waals surface area contributed by atoms with Gasteiger partial charge in [0.05, 0.1) is 5.56 Å². The molecule has 2 aromatic carbocycles. The molecule has 2 rings (SSSR count). The molecule has 0 aliphatic heterocycles. The molecule has 1 amide bonds. The molecule has 23 heavy (non-hydrogen) atoms. The molecule has 0 aliphatic rings. The number of amides is 1. The largest absolute Gasteiger partial charge is 0.452 e. The van der Waals surface area contributed by atoms with Crippen molar-refractivity contribution in [1.82, 2.24) is 4.90 Å². The minimum atomic E-state index is -0.557. The maximum atomic E-state index is 12.0. The molecule has 120 valence electrons. The fourth-order valence-corrected chi connectivity index (χ4v) is 2.03. The highest BCUT2D eigenvalue weighted by molar-refractivity contribution is 5.92. The number of rotatable bonds is 5. The highest BCUT2D eigenvalue weighted by Crippen LogP contribution is 2.13. The first-order valence-corrected chi connectivity index (χ1v) is 7.28. The summed E-state index contributed by atoms with van der Waals surface area (Å²) >= 11 is 0. The number of anilines is 1. The molecule has 0 fully saturated rings. The number of hydrogen-bond acceptors (Lipinski definition) is 4. The summed E-state index contributed by atoms with van der Waals surface area (Å²) in [6.07, 6.45) is 0. The van der Waals surface area contributed by atoms with Crippen LogP contribution in [0.1, 0.15) is 21.5 Å². The second-order valence-electron chi connectivity index (χ2n) is 5.38. The normalized spacial score (nSPS) is 10.2. The van der Waals surface area contributed by atoms with Crippen molar-refractivity contribution in [3.63, 3.8) is 0 Å². The van der Waals surface area contributed by atoms with E-state index in [0.29, 0.717) is 17.8 Å². The topological polar surface area (TPSA) is 72.6 Å². The van der Waals surface area contributed by atoms with Gasteiger partial charge < -0.3 is 15.4 Å². The Morgan fingerprint density at radius 2 is 1.83 bits per heavy atom. The molecule has 0 heterocycles. The van der Waals surface area contributed by atoms with Crippen LogP contribution < -0.4 is 5.73 Å². The Hall–Kier alpha value is -2.82. The summed E-state index contributed by atoms with van der Waals surface area (Å²) in [6.45, 7) is 2.02. The van der Waals surface area contributed by atoms with Crippen molar-refractivity contribution in [2.24, 2.45) is 0 Å². The maximum Gasteiger partial charge on any atom is 0.338 e.